The molecule has 5 nitrogen and oxygen atoms in total. The molecule has 0 aliphatic carbocycles. The molecular weight excluding hydrogens is 318 g/mol. The highest BCUT2D eigenvalue weighted by molar-refractivity contribution is 5.92. The van der Waals surface area contributed by atoms with Gasteiger partial charge in [-0.2, -0.15) is 22.5 Å². The van der Waals surface area contributed by atoms with Crippen LogP contribution in [0.4, 0.5) is 23.2 Å². The quantitative estimate of drug-likeness (QED) is 0.485. The monoisotopic (exact) mass is 331 g/mol. The number of carbonyl (C=O) groups is 1. The lowest BCUT2D eigenvalue weighted by molar-refractivity contribution is 0.0925. The van der Waals surface area contributed by atoms with Crippen LogP contribution in [0.3, 0.4) is 0 Å². The zero-order chi connectivity index (χ0) is 17.0. The molecule has 2 rings (SSSR count). The van der Waals surface area contributed by atoms with E-state index in [4.69, 9.17) is 4.42 Å². The molecule has 2 aromatic heterocycles. The molecule has 0 fully saturated rings. The van der Waals surface area contributed by atoms with Crippen molar-refractivity contribution in [2.24, 2.45) is 0 Å². The number of nitrogens with zero attached hydrogens (tertiary/aromatic N) is 1. The van der Waals surface area contributed by atoms with Crippen molar-refractivity contribution < 1.29 is 26.8 Å². The standard InChI is InChI=1S/C14H13F4N3O2/c1-7-3-6-23-11(7)14(22)20-5-2-4-19-10-8(15)12(17)21-13(18)9(10)16/h3,6H,2,4-5H2,1H3,(H,19,21)(H,20,22). The smallest absolute Gasteiger partial charge is 0.287 e. The van der Waals surface area contributed by atoms with E-state index >= 15 is 0 Å². The number of halogens is 4. The summed E-state index contributed by atoms with van der Waals surface area (Å²) in [7, 11) is 0. The maximum Gasteiger partial charge on any atom is 0.287 e. The fraction of sp³-hybridized carbons (Fsp3) is 0.286. The second-order valence-electron chi connectivity index (χ2n) is 4.67. The van der Waals surface area contributed by atoms with E-state index in [0.29, 0.717) is 5.56 Å². The van der Waals surface area contributed by atoms with Gasteiger partial charge in [-0.05, 0) is 19.4 Å². The number of hydrogen-bond donors (Lipinski definition) is 2. The van der Waals surface area contributed by atoms with Gasteiger partial charge in [-0.25, -0.2) is 0 Å². The molecule has 2 aromatic rings. The zero-order valence-corrected chi connectivity index (χ0v) is 12.1. The van der Waals surface area contributed by atoms with E-state index < -0.39 is 35.1 Å². The molecule has 0 bridgehead atoms. The van der Waals surface area contributed by atoms with Gasteiger partial charge in [0.2, 0.25) is 11.6 Å². The third-order valence-electron chi connectivity index (χ3n) is 3.01. The van der Waals surface area contributed by atoms with Crippen LogP contribution in [0.15, 0.2) is 16.7 Å². The Morgan fingerprint density at radius 2 is 1.83 bits per heavy atom. The molecule has 23 heavy (non-hydrogen) atoms. The van der Waals surface area contributed by atoms with Crippen LogP contribution in [-0.4, -0.2) is 24.0 Å². The maximum atomic E-state index is 13.3. The molecular formula is C14H13F4N3O2. The topological polar surface area (TPSA) is 67.2 Å². The number of aryl methyl sites for hydroxylation is 1. The summed E-state index contributed by atoms with van der Waals surface area (Å²) in [5, 5.41) is 4.78. The van der Waals surface area contributed by atoms with Crippen molar-refractivity contribution in [3.05, 3.63) is 47.2 Å². The van der Waals surface area contributed by atoms with Crippen LogP contribution in [-0.2, 0) is 0 Å². The van der Waals surface area contributed by atoms with Crippen LogP contribution in [0.25, 0.3) is 0 Å². The largest absolute Gasteiger partial charge is 0.459 e. The van der Waals surface area contributed by atoms with Crippen LogP contribution in [0, 0.1) is 30.5 Å². The van der Waals surface area contributed by atoms with Gasteiger partial charge in [0.1, 0.15) is 5.69 Å². The van der Waals surface area contributed by atoms with Gasteiger partial charge in [0, 0.05) is 18.7 Å². The van der Waals surface area contributed by atoms with Crippen molar-refractivity contribution in [1.82, 2.24) is 10.3 Å². The van der Waals surface area contributed by atoms with Gasteiger partial charge in [-0.1, -0.05) is 0 Å². The van der Waals surface area contributed by atoms with Gasteiger partial charge in [-0.15, -0.1) is 0 Å². The zero-order valence-electron chi connectivity index (χ0n) is 12.1. The molecule has 0 aliphatic rings. The Labute approximate surface area is 128 Å². The van der Waals surface area contributed by atoms with E-state index in [2.05, 4.69) is 15.6 Å². The number of nitrogens with one attached hydrogen (secondary N) is 2. The van der Waals surface area contributed by atoms with Crippen LogP contribution in [0.2, 0.25) is 0 Å². The van der Waals surface area contributed by atoms with E-state index in [0.717, 1.165) is 0 Å². The number of aromatic nitrogens is 1. The first-order valence-electron chi connectivity index (χ1n) is 6.68. The Balaban J connectivity index is 1.83. The Morgan fingerprint density at radius 1 is 1.17 bits per heavy atom. The number of furan rings is 1. The number of hydrogen-bond acceptors (Lipinski definition) is 4. The van der Waals surface area contributed by atoms with Crippen LogP contribution < -0.4 is 10.6 Å². The van der Waals surface area contributed by atoms with Gasteiger partial charge < -0.3 is 15.1 Å². The number of anilines is 1. The molecule has 2 N–H and O–H groups in total. The summed E-state index contributed by atoms with van der Waals surface area (Å²) in [5.74, 6) is -6.90. The number of pyridine rings is 1. The number of carbonyl (C=O) groups excluding carboxylic acids is 1. The highest BCUT2D eigenvalue weighted by Gasteiger charge is 2.20. The molecule has 0 unspecified atom stereocenters. The molecule has 0 radical (unpaired) electrons. The summed E-state index contributed by atoms with van der Waals surface area (Å²) < 4.78 is 57.4. The highest BCUT2D eigenvalue weighted by Crippen LogP contribution is 2.21. The van der Waals surface area contributed by atoms with Crippen molar-refractivity contribution in [3.63, 3.8) is 0 Å². The molecule has 0 saturated heterocycles. The third kappa shape index (κ3) is 3.79. The van der Waals surface area contributed by atoms with Gasteiger partial charge >= 0.3 is 0 Å². The van der Waals surface area contributed by atoms with Gasteiger partial charge in [-0.3, -0.25) is 4.79 Å². The maximum absolute atomic E-state index is 13.3. The second-order valence-corrected chi connectivity index (χ2v) is 4.67. The first-order chi connectivity index (χ1) is 10.9. The Morgan fingerprint density at radius 3 is 2.39 bits per heavy atom. The summed E-state index contributed by atoms with van der Waals surface area (Å²) in [6.07, 6.45) is 1.64. The third-order valence-corrected chi connectivity index (χ3v) is 3.01. The van der Waals surface area contributed by atoms with E-state index in [9.17, 15) is 22.4 Å². The van der Waals surface area contributed by atoms with E-state index in [1.54, 1.807) is 13.0 Å². The van der Waals surface area contributed by atoms with Gasteiger partial charge in [0.05, 0.1) is 6.26 Å². The van der Waals surface area contributed by atoms with Crippen LogP contribution >= 0.6 is 0 Å². The lowest BCUT2D eigenvalue weighted by Crippen LogP contribution is -2.26. The van der Waals surface area contributed by atoms with Gasteiger partial charge in [0.15, 0.2) is 5.76 Å². The van der Waals surface area contributed by atoms with Crippen LogP contribution in [0.1, 0.15) is 22.5 Å². The van der Waals surface area contributed by atoms with E-state index in [-0.39, 0.29) is 25.3 Å². The average molecular weight is 331 g/mol. The van der Waals surface area contributed by atoms with Crippen molar-refractivity contribution in [3.8, 4) is 0 Å². The Bertz CT molecular complexity index is 692. The molecule has 0 aromatic carbocycles. The predicted molar refractivity (Wildman–Crippen MR) is 73.0 cm³/mol. The number of rotatable bonds is 6. The molecule has 0 atom stereocenters. The van der Waals surface area contributed by atoms with Crippen molar-refractivity contribution >= 4 is 11.6 Å². The minimum Gasteiger partial charge on any atom is -0.459 e. The lowest BCUT2D eigenvalue weighted by atomic mass is 10.2. The fourth-order valence-electron chi connectivity index (χ4n) is 1.83. The lowest BCUT2D eigenvalue weighted by Gasteiger charge is -2.09. The molecule has 0 saturated carbocycles. The molecule has 1 amide bonds. The van der Waals surface area contributed by atoms with Crippen molar-refractivity contribution in [1.29, 1.82) is 0 Å². The molecule has 0 aliphatic heterocycles. The SMILES string of the molecule is Cc1ccoc1C(=O)NCCCNc1c(F)c(F)nc(F)c1F. The summed E-state index contributed by atoms with van der Waals surface area (Å²) in [6.45, 7) is 1.86. The predicted octanol–water partition coefficient (Wildman–Crippen LogP) is 2.77. The second kappa shape index (κ2) is 7.12. The van der Waals surface area contributed by atoms with E-state index in [1.807, 2.05) is 0 Å². The summed E-state index contributed by atoms with van der Waals surface area (Å²) in [5.41, 5.74) is -0.254. The fourth-order valence-corrected chi connectivity index (χ4v) is 1.83. The van der Waals surface area contributed by atoms with Crippen LogP contribution in [0.5, 0.6) is 0 Å². The average Bonchev–Trinajstić information content (AvgIpc) is 2.94. The molecule has 2 heterocycles. The molecule has 0 spiro atoms. The summed E-state index contributed by atoms with van der Waals surface area (Å²) >= 11 is 0. The normalized spacial score (nSPS) is 10.7. The Kier molecular flexibility index (Phi) is 5.20. The van der Waals surface area contributed by atoms with E-state index in [1.165, 1.54) is 6.26 Å². The van der Waals surface area contributed by atoms with Gasteiger partial charge in [0.25, 0.3) is 17.8 Å². The summed E-state index contributed by atoms with van der Waals surface area (Å²) in [4.78, 5) is 14.2. The minimum absolute atomic E-state index is 0.0197. The molecule has 9 heteroatoms. The highest BCUT2D eigenvalue weighted by atomic mass is 19.2. The Hall–Kier alpha value is -2.58. The first-order valence-corrected chi connectivity index (χ1v) is 6.68. The number of amides is 1. The minimum atomic E-state index is -1.73. The van der Waals surface area contributed by atoms with Crippen molar-refractivity contribution in [2.45, 2.75) is 13.3 Å². The first kappa shape index (κ1) is 16.8. The summed E-state index contributed by atoms with van der Waals surface area (Å²) in [6, 6.07) is 1.63. The molecule has 124 valence electrons. The van der Waals surface area contributed by atoms with Crippen molar-refractivity contribution in [2.75, 3.05) is 18.4 Å².